The minimum absolute atomic E-state index is 0.102. The highest BCUT2D eigenvalue weighted by molar-refractivity contribution is 6.23. The van der Waals surface area contributed by atoms with Crippen molar-refractivity contribution in [2.45, 2.75) is 25.1 Å². The summed E-state index contributed by atoms with van der Waals surface area (Å²) in [5.41, 5.74) is 1.15. The molecule has 0 aromatic heterocycles. The van der Waals surface area contributed by atoms with E-state index in [0.29, 0.717) is 5.56 Å². The Morgan fingerprint density at radius 1 is 1.06 bits per heavy atom. The maximum Gasteiger partial charge on any atom is 0.490 e. The molecule has 0 bridgehead atoms. The molecule has 1 aromatic carbocycles. The number of hydrogen-bond donors (Lipinski definition) is 3. The standard InChI is InChI=1S/C19H18N4O4.C2HF3O2/c24-16-4-3-15(17(25)21-16)23-18(26)13-2-1-12(11-14(13)19(23)27)5-8-22-9-6-20-7-10-22;3-2(4,5)1(6)7/h1-2,11,15,20H,3-4,6-7,9-10H2,(H,21,24,25);(H,6,7). The van der Waals surface area contributed by atoms with Crippen molar-refractivity contribution in [1.82, 2.24) is 20.4 Å². The summed E-state index contributed by atoms with van der Waals surface area (Å²) < 4.78 is 31.7. The van der Waals surface area contributed by atoms with Gasteiger partial charge in [-0.15, -0.1) is 0 Å². The molecule has 2 fully saturated rings. The van der Waals surface area contributed by atoms with Crippen LogP contribution in [0.25, 0.3) is 0 Å². The number of piperazine rings is 1. The van der Waals surface area contributed by atoms with E-state index in [1.54, 1.807) is 18.2 Å². The van der Waals surface area contributed by atoms with Gasteiger partial charge in [0.1, 0.15) is 6.04 Å². The van der Waals surface area contributed by atoms with Crippen LogP contribution in [0.3, 0.4) is 0 Å². The number of carboxylic acids is 1. The van der Waals surface area contributed by atoms with Crippen molar-refractivity contribution >= 4 is 29.6 Å². The van der Waals surface area contributed by atoms with Crippen molar-refractivity contribution in [1.29, 1.82) is 0 Å². The van der Waals surface area contributed by atoms with Crippen molar-refractivity contribution in [3.05, 3.63) is 34.9 Å². The van der Waals surface area contributed by atoms with Crippen LogP contribution in [-0.4, -0.2) is 82.9 Å². The lowest BCUT2D eigenvalue weighted by Crippen LogP contribution is -2.54. The Hall–Kier alpha value is -3.92. The van der Waals surface area contributed by atoms with E-state index >= 15 is 0 Å². The fourth-order valence-electron chi connectivity index (χ4n) is 3.47. The van der Waals surface area contributed by atoms with Crippen LogP contribution in [0.4, 0.5) is 13.2 Å². The highest BCUT2D eigenvalue weighted by Crippen LogP contribution is 2.28. The Morgan fingerprint density at radius 2 is 1.68 bits per heavy atom. The smallest absolute Gasteiger partial charge is 0.475 e. The van der Waals surface area contributed by atoms with Gasteiger partial charge in [-0.25, -0.2) is 4.79 Å². The molecule has 1 unspecified atom stereocenters. The number of amides is 4. The van der Waals surface area contributed by atoms with Crippen LogP contribution in [0.15, 0.2) is 18.2 Å². The number of hydrogen-bond acceptors (Lipinski definition) is 7. The summed E-state index contributed by atoms with van der Waals surface area (Å²) >= 11 is 0. The SMILES string of the molecule is O=C(O)C(F)(F)F.O=C1CCC(N2C(=O)c3ccc(C#CN4CCNCC4)cc3C2=O)C(=O)N1. The minimum atomic E-state index is -5.08. The molecule has 2 saturated heterocycles. The van der Waals surface area contributed by atoms with E-state index in [4.69, 9.17) is 9.90 Å². The average molecular weight is 480 g/mol. The first-order valence-corrected chi connectivity index (χ1v) is 10.1. The van der Waals surface area contributed by atoms with Crippen LogP contribution in [0, 0.1) is 12.0 Å². The second-order valence-electron chi connectivity index (χ2n) is 7.48. The van der Waals surface area contributed by atoms with E-state index in [1.165, 1.54) is 0 Å². The molecule has 4 rings (SSSR count). The second-order valence-corrected chi connectivity index (χ2v) is 7.48. The quantitative estimate of drug-likeness (QED) is 0.376. The van der Waals surface area contributed by atoms with Crippen molar-refractivity contribution < 1.29 is 42.3 Å². The number of piperidine rings is 1. The van der Waals surface area contributed by atoms with Gasteiger partial charge < -0.3 is 15.3 Å². The van der Waals surface area contributed by atoms with Crippen LogP contribution in [0.1, 0.15) is 39.1 Å². The van der Waals surface area contributed by atoms with Crippen LogP contribution in [-0.2, 0) is 14.4 Å². The number of nitrogens with zero attached hydrogens (tertiary/aromatic N) is 2. The summed E-state index contributed by atoms with van der Waals surface area (Å²) in [6, 6.07) is 6.99. The topological polar surface area (TPSA) is 136 Å². The number of carboxylic acid groups (broad SMARTS) is 1. The molecule has 1 aromatic rings. The van der Waals surface area contributed by atoms with E-state index in [9.17, 15) is 32.3 Å². The Balaban J connectivity index is 0.000000406. The number of alkyl halides is 3. The first-order valence-electron chi connectivity index (χ1n) is 10.1. The number of imide groups is 2. The van der Waals surface area contributed by atoms with Crippen molar-refractivity contribution in [3.8, 4) is 12.0 Å². The molecule has 3 N–H and O–H groups in total. The summed E-state index contributed by atoms with van der Waals surface area (Å²) in [6.45, 7) is 3.43. The van der Waals surface area contributed by atoms with E-state index in [-0.39, 0.29) is 24.0 Å². The molecular weight excluding hydrogens is 461 g/mol. The van der Waals surface area contributed by atoms with Crippen LogP contribution in [0.5, 0.6) is 0 Å². The summed E-state index contributed by atoms with van der Waals surface area (Å²) in [5.74, 6) is -1.75. The largest absolute Gasteiger partial charge is 0.490 e. The van der Waals surface area contributed by atoms with Gasteiger partial charge in [0, 0.05) is 44.2 Å². The Labute approximate surface area is 191 Å². The van der Waals surface area contributed by atoms with Crippen LogP contribution < -0.4 is 10.6 Å². The molecule has 13 heteroatoms. The normalized spacial score (nSPS) is 20.0. The molecule has 180 valence electrons. The molecule has 0 spiro atoms. The Kier molecular flexibility index (Phi) is 7.21. The summed E-state index contributed by atoms with van der Waals surface area (Å²) in [7, 11) is 0. The predicted octanol–water partition coefficient (Wildman–Crippen LogP) is -0.0647. The lowest BCUT2D eigenvalue weighted by molar-refractivity contribution is -0.192. The van der Waals surface area contributed by atoms with E-state index in [2.05, 4.69) is 22.6 Å². The van der Waals surface area contributed by atoms with Gasteiger partial charge in [0.05, 0.1) is 11.1 Å². The van der Waals surface area contributed by atoms with E-state index in [0.717, 1.165) is 31.1 Å². The van der Waals surface area contributed by atoms with Crippen molar-refractivity contribution in [2.24, 2.45) is 0 Å². The molecule has 3 aliphatic rings. The molecule has 34 heavy (non-hydrogen) atoms. The average Bonchev–Trinajstić information content (AvgIpc) is 3.03. The van der Waals surface area contributed by atoms with Gasteiger partial charge in [0.15, 0.2) is 0 Å². The fraction of sp³-hybridized carbons (Fsp3) is 0.381. The third kappa shape index (κ3) is 5.52. The molecule has 0 aliphatic carbocycles. The summed E-state index contributed by atoms with van der Waals surface area (Å²) in [4.78, 5) is 60.7. The number of benzene rings is 1. The number of fused-ring (bicyclic) bond motifs is 1. The summed E-state index contributed by atoms with van der Waals surface area (Å²) in [5, 5.41) is 12.6. The third-order valence-electron chi connectivity index (χ3n) is 5.16. The van der Waals surface area contributed by atoms with Crippen LogP contribution in [0.2, 0.25) is 0 Å². The molecule has 0 radical (unpaired) electrons. The van der Waals surface area contributed by atoms with Crippen molar-refractivity contribution in [2.75, 3.05) is 26.2 Å². The lowest BCUT2D eigenvalue weighted by Gasteiger charge is -2.27. The zero-order valence-corrected chi connectivity index (χ0v) is 17.6. The second kappa shape index (κ2) is 9.92. The number of nitrogens with one attached hydrogen (secondary N) is 2. The maximum absolute atomic E-state index is 12.8. The first kappa shape index (κ1) is 24.7. The predicted molar refractivity (Wildman–Crippen MR) is 108 cm³/mol. The van der Waals surface area contributed by atoms with Gasteiger partial charge in [-0.3, -0.25) is 29.4 Å². The van der Waals surface area contributed by atoms with Gasteiger partial charge >= 0.3 is 12.1 Å². The van der Waals surface area contributed by atoms with Crippen molar-refractivity contribution in [3.63, 3.8) is 0 Å². The van der Waals surface area contributed by atoms with Crippen LogP contribution >= 0.6 is 0 Å². The highest BCUT2D eigenvalue weighted by atomic mass is 19.4. The van der Waals surface area contributed by atoms with Gasteiger partial charge in [0.2, 0.25) is 11.8 Å². The summed E-state index contributed by atoms with van der Waals surface area (Å²) in [6.07, 6.45) is -4.84. The molecule has 4 amide bonds. The zero-order valence-electron chi connectivity index (χ0n) is 17.6. The molecule has 0 saturated carbocycles. The number of halogens is 3. The highest BCUT2D eigenvalue weighted by Gasteiger charge is 2.44. The van der Waals surface area contributed by atoms with E-state index < -0.39 is 41.8 Å². The molecule has 10 nitrogen and oxygen atoms in total. The third-order valence-corrected chi connectivity index (χ3v) is 5.16. The molecule has 3 heterocycles. The number of carbonyl (C=O) groups excluding carboxylic acids is 4. The lowest BCUT2D eigenvalue weighted by atomic mass is 10.0. The first-order chi connectivity index (χ1) is 16.0. The number of aliphatic carboxylic acids is 1. The van der Waals surface area contributed by atoms with Gasteiger partial charge in [-0.05, 0) is 30.5 Å². The molecule has 3 aliphatic heterocycles. The van der Waals surface area contributed by atoms with Gasteiger partial charge in [-0.1, -0.05) is 0 Å². The number of carbonyl (C=O) groups is 5. The monoisotopic (exact) mass is 480 g/mol. The molecular formula is C21H19F3N4O6. The Morgan fingerprint density at radius 3 is 2.26 bits per heavy atom. The maximum atomic E-state index is 12.8. The molecule has 1 atom stereocenters. The Bertz CT molecular complexity index is 1100. The van der Waals surface area contributed by atoms with Gasteiger partial charge in [-0.2, -0.15) is 13.2 Å². The number of rotatable bonds is 1. The minimum Gasteiger partial charge on any atom is -0.475 e. The van der Waals surface area contributed by atoms with E-state index in [1.807, 2.05) is 4.90 Å². The van der Waals surface area contributed by atoms with Gasteiger partial charge in [0.25, 0.3) is 11.8 Å². The fourth-order valence-corrected chi connectivity index (χ4v) is 3.47. The zero-order chi connectivity index (χ0) is 25.0.